The SMILES string of the molecule is Cc1cc(N2C[C@@H](O)[C@H](Oc3cnn(C)c3)C2)nc(C2CC2)n1. The lowest BCUT2D eigenvalue weighted by Gasteiger charge is -2.18. The molecule has 1 saturated carbocycles. The molecule has 1 aliphatic carbocycles. The third kappa shape index (κ3) is 3.01. The molecule has 0 spiro atoms. The van der Waals surface area contributed by atoms with Crippen molar-refractivity contribution in [2.75, 3.05) is 18.0 Å². The van der Waals surface area contributed by atoms with Gasteiger partial charge in [0, 0.05) is 31.3 Å². The second-order valence-electron chi connectivity index (χ2n) is 6.48. The summed E-state index contributed by atoms with van der Waals surface area (Å²) in [6.07, 6.45) is 5.00. The first-order valence-electron chi connectivity index (χ1n) is 8.02. The topological polar surface area (TPSA) is 76.3 Å². The standard InChI is InChI=1S/C16H21N5O2/c1-10-5-15(19-16(18-10)11-3-4-11)21-8-13(22)14(9-21)23-12-6-17-20(2)7-12/h5-7,11,13-14,22H,3-4,8-9H2,1-2H3/t13-,14-/m1/s1. The highest BCUT2D eigenvalue weighted by Gasteiger charge is 2.35. The van der Waals surface area contributed by atoms with E-state index in [2.05, 4.69) is 20.0 Å². The lowest BCUT2D eigenvalue weighted by atomic mass is 10.3. The second kappa shape index (κ2) is 5.49. The molecule has 2 atom stereocenters. The summed E-state index contributed by atoms with van der Waals surface area (Å²) >= 11 is 0. The van der Waals surface area contributed by atoms with Gasteiger partial charge >= 0.3 is 0 Å². The Kier molecular flexibility index (Phi) is 3.45. The monoisotopic (exact) mass is 315 g/mol. The van der Waals surface area contributed by atoms with E-state index in [0.717, 1.165) is 17.3 Å². The minimum atomic E-state index is -0.546. The Morgan fingerprint density at radius 1 is 1.26 bits per heavy atom. The van der Waals surface area contributed by atoms with E-state index in [1.54, 1.807) is 17.1 Å². The number of nitrogens with zero attached hydrogens (tertiary/aromatic N) is 5. The van der Waals surface area contributed by atoms with Gasteiger partial charge in [0.1, 0.15) is 23.9 Å². The number of aliphatic hydroxyl groups is 1. The lowest BCUT2D eigenvalue weighted by molar-refractivity contribution is 0.0737. The summed E-state index contributed by atoms with van der Waals surface area (Å²) in [4.78, 5) is 11.3. The Bertz CT molecular complexity index is 712. The molecule has 4 rings (SSSR count). The summed E-state index contributed by atoms with van der Waals surface area (Å²) in [5.41, 5.74) is 0.975. The molecule has 0 aromatic carbocycles. The molecule has 7 nitrogen and oxygen atoms in total. The van der Waals surface area contributed by atoms with Crippen molar-refractivity contribution in [3.05, 3.63) is 30.0 Å². The maximum absolute atomic E-state index is 10.3. The van der Waals surface area contributed by atoms with E-state index < -0.39 is 6.10 Å². The van der Waals surface area contributed by atoms with Crippen molar-refractivity contribution in [2.24, 2.45) is 7.05 Å². The molecule has 3 heterocycles. The number of aromatic nitrogens is 4. The van der Waals surface area contributed by atoms with Crippen molar-refractivity contribution in [3.63, 3.8) is 0 Å². The fourth-order valence-corrected chi connectivity index (χ4v) is 2.95. The number of hydrogen-bond donors (Lipinski definition) is 1. The van der Waals surface area contributed by atoms with E-state index >= 15 is 0 Å². The highest BCUT2D eigenvalue weighted by molar-refractivity contribution is 5.42. The average Bonchev–Trinajstić information content (AvgIpc) is 3.19. The van der Waals surface area contributed by atoms with Gasteiger partial charge < -0.3 is 14.7 Å². The molecule has 7 heteroatoms. The number of rotatable bonds is 4. The van der Waals surface area contributed by atoms with Crippen LogP contribution in [0.15, 0.2) is 18.5 Å². The Labute approximate surface area is 134 Å². The summed E-state index contributed by atoms with van der Waals surface area (Å²) in [5, 5.41) is 14.4. The van der Waals surface area contributed by atoms with Gasteiger partial charge in [-0.05, 0) is 19.8 Å². The van der Waals surface area contributed by atoms with Gasteiger partial charge in [-0.3, -0.25) is 4.68 Å². The van der Waals surface area contributed by atoms with Crippen LogP contribution in [0.1, 0.15) is 30.3 Å². The summed E-state index contributed by atoms with van der Waals surface area (Å²) in [6, 6.07) is 1.98. The van der Waals surface area contributed by atoms with Crippen LogP contribution < -0.4 is 9.64 Å². The van der Waals surface area contributed by atoms with Crippen LogP contribution in [0.4, 0.5) is 5.82 Å². The molecule has 2 fully saturated rings. The number of β-amino-alcohol motifs (C(OH)–C–C–N with tert-alkyl or cyclic N) is 1. The van der Waals surface area contributed by atoms with Crippen LogP contribution in [0.5, 0.6) is 5.75 Å². The molecule has 0 unspecified atom stereocenters. The van der Waals surface area contributed by atoms with E-state index in [-0.39, 0.29) is 6.10 Å². The Morgan fingerprint density at radius 2 is 2.09 bits per heavy atom. The molecular formula is C16H21N5O2. The summed E-state index contributed by atoms with van der Waals surface area (Å²) < 4.78 is 7.55. The molecule has 2 aromatic heterocycles. The Balaban J connectivity index is 1.50. The zero-order valence-corrected chi connectivity index (χ0v) is 13.4. The predicted molar refractivity (Wildman–Crippen MR) is 84.6 cm³/mol. The van der Waals surface area contributed by atoms with Crippen molar-refractivity contribution in [1.82, 2.24) is 19.7 Å². The van der Waals surface area contributed by atoms with Gasteiger partial charge in [0.2, 0.25) is 0 Å². The van der Waals surface area contributed by atoms with Gasteiger partial charge in [-0.2, -0.15) is 5.10 Å². The van der Waals surface area contributed by atoms with Crippen LogP contribution >= 0.6 is 0 Å². The van der Waals surface area contributed by atoms with E-state index in [1.165, 1.54) is 12.8 Å². The summed E-state index contributed by atoms with van der Waals surface area (Å²) in [6.45, 7) is 3.12. The zero-order chi connectivity index (χ0) is 16.0. The molecule has 0 bridgehead atoms. The van der Waals surface area contributed by atoms with Crippen molar-refractivity contribution >= 4 is 5.82 Å². The molecule has 2 aromatic rings. The lowest BCUT2D eigenvalue weighted by Crippen LogP contribution is -2.29. The number of hydrogen-bond acceptors (Lipinski definition) is 6. The molecule has 1 N–H and O–H groups in total. The number of ether oxygens (including phenoxy) is 1. The molecular weight excluding hydrogens is 294 g/mol. The Hall–Kier alpha value is -2.15. The largest absolute Gasteiger partial charge is 0.482 e. The van der Waals surface area contributed by atoms with Crippen molar-refractivity contribution in [1.29, 1.82) is 0 Å². The van der Waals surface area contributed by atoms with Crippen LogP contribution in [0, 0.1) is 6.92 Å². The second-order valence-corrected chi connectivity index (χ2v) is 6.48. The molecule has 2 aliphatic rings. The highest BCUT2D eigenvalue weighted by atomic mass is 16.5. The first-order chi connectivity index (χ1) is 11.1. The molecule has 1 aliphatic heterocycles. The van der Waals surface area contributed by atoms with Crippen LogP contribution in [-0.2, 0) is 7.05 Å². The normalized spacial score (nSPS) is 24.2. The Morgan fingerprint density at radius 3 is 2.78 bits per heavy atom. The van der Waals surface area contributed by atoms with Gasteiger partial charge in [0.25, 0.3) is 0 Å². The third-order valence-electron chi connectivity index (χ3n) is 4.33. The average molecular weight is 315 g/mol. The molecule has 1 saturated heterocycles. The number of aliphatic hydroxyl groups excluding tert-OH is 1. The van der Waals surface area contributed by atoms with Crippen LogP contribution in [0.3, 0.4) is 0 Å². The quantitative estimate of drug-likeness (QED) is 0.908. The third-order valence-corrected chi connectivity index (χ3v) is 4.33. The van der Waals surface area contributed by atoms with Crippen molar-refractivity contribution in [2.45, 2.75) is 37.9 Å². The van der Waals surface area contributed by atoms with Crippen molar-refractivity contribution in [3.8, 4) is 5.75 Å². The molecule has 0 radical (unpaired) electrons. The molecule has 0 amide bonds. The molecule has 23 heavy (non-hydrogen) atoms. The van der Waals surface area contributed by atoms with Gasteiger partial charge in [-0.15, -0.1) is 0 Å². The first-order valence-corrected chi connectivity index (χ1v) is 8.02. The highest BCUT2D eigenvalue weighted by Crippen LogP contribution is 2.38. The fraction of sp³-hybridized carbons (Fsp3) is 0.562. The van der Waals surface area contributed by atoms with E-state index in [1.807, 2.05) is 20.0 Å². The molecule has 122 valence electrons. The van der Waals surface area contributed by atoms with Gasteiger partial charge in [0.05, 0.1) is 18.9 Å². The first kappa shape index (κ1) is 14.4. The summed E-state index contributed by atoms with van der Waals surface area (Å²) in [7, 11) is 1.84. The van der Waals surface area contributed by atoms with Crippen molar-refractivity contribution < 1.29 is 9.84 Å². The maximum Gasteiger partial charge on any atom is 0.157 e. The van der Waals surface area contributed by atoms with Gasteiger partial charge in [-0.25, -0.2) is 9.97 Å². The maximum atomic E-state index is 10.3. The fourth-order valence-electron chi connectivity index (χ4n) is 2.95. The minimum Gasteiger partial charge on any atom is -0.482 e. The van der Waals surface area contributed by atoms with E-state index in [9.17, 15) is 5.11 Å². The van der Waals surface area contributed by atoms with Crippen LogP contribution in [0.2, 0.25) is 0 Å². The smallest absolute Gasteiger partial charge is 0.157 e. The summed E-state index contributed by atoms with van der Waals surface area (Å²) in [5.74, 6) is 3.02. The van der Waals surface area contributed by atoms with Gasteiger partial charge in [-0.1, -0.05) is 0 Å². The minimum absolute atomic E-state index is 0.279. The number of aryl methyl sites for hydroxylation is 2. The van der Waals surface area contributed by atoms with E-state index in [0.29, 0.717) is 24.8 Å². The predicted octanol–water partition coefficient (Wildman–Crippen LogP) is 1.02. The van der Waals surface area contributed by atoms with Crippen LogP contribution in [-0.4, -0.2) is 50.2 Å². The van der Waals surface area contributed by atoms with E-state index in [4.69, 9.17) is 4.74 Å². The number of anilines is 1. The van der Waals surface area contributed by atoms with Crippen LogP contribution in [0.25, 0.3) is 0 Å². The zero-order valence-electron chi connectivity index (χ0n) is 13.4. The van der Waals surface area contributed by atoms with Gasteiger partial charge in [0.15, 0.2) is 5.75 Å².